The van der Waals surface area contributed by atoms with Crippen molar-refractivity contribution in [3.8, 4) is 6.07 Å². The Hall–Kier alpha value is -3.18. The number of nitrogens with two attached hydrogens (primary N) is 1. The van der Waals surface area contributed by atoms with Gasteiger partial charge in [0.25, 0.3) is 0 Å². The molecule has 1 aliphatic heterocycles. The Morgan fingerprint density at radius 2 is 2.19 bits per heavy atom. The third kappa shape index (κ3) is 2.67. The van der Waals surface area contributed by atoms with Crippen LogP contribution in [0.4, 0.5) is 15.9 Å². The van der Waals surface area contributed by atoms with Crippen molar-refractivity contribution in [1.29, 1.82) is 5.26 Å². The molecule has 0 saturated carbocycles. The molecule has 3 heterocycles. The molecule has 0 amide bonds. The summed E-state index contributed by atoms with van der Waals surface area (Å²) < 4.78 is 14.1. The van der Waals surface area contributed by atoms with Crippen LogP contribution in [0, 0.1) is 17.1 Å². The van der Waals surface area contributed by atoms with E-state index in [2.05, 4.69) is 32.1 Å². The van der Waals surface area contributed by atoms with E-state index < -0.39 is 0 Å². The van der Waals surface area contributed by atoms with Crippen LogP contribution in [0.1, 0.15) is 19.2 Å². The number of rotatable bonds is 4. The van der Waals surface area contributed by atoms with Crippen LogP contribution in [0.25, 0.3) is 21.9 Å². The van der Waals surface area contributed by atoms with Crippen molar-refractivity contribution in [2.45, 2.75) is 13.3 Å². The number of nitrogens with zero attached hydrogens (tertiary/aromatic N) is 4. The number of hydrogen-bond donors (Lipinski definition) is 3. The number of anilines is 2. The monoisotopic (exact) mass is 365 g/mol. The predicted octanol–water partition coefficient (Wildman–Crippen LogP) is 2.65. The Morgan fingerprint density at radius 1 is 1.41 bits per heavy atom. The van der Waals surface area contributed by atoms with Gasteiger partial charge in [0.15, 0.2) is 0 Å². The lowest BCUT2D eigenvalue weighted by molar-refractivity contribution is 0.630. The normalized spacial score (nSPS) is 13.7. The van der Waals surface area contributed by atoms with E-state index in [0.29, 0.717) is 42.2 Å². The standard InChI is InChI=1S/C19H20FN7/c1-3-10(6-21)11-8-27(9-11)19-16-13-4-12(20)5-14(23-2)17(13)26-18(16)24-15(7-22)25-19/h4-5,23H,3,6,8-9,21H2,1-2H3,(H,24,25,26). The highest BCUT2D eigenvalue weighted by atomic mass is 19.1. The van der Waals surface area contributed by atoms with Gasteiger partial charge in [0.05, 0.1) is 16.6 Å². The molecule has 8 heteroatoms. The van der Waals surface area contributed by atoms with Gasteiger partial charge in [-0.15, -0.1) is 0 Å². The first-order valence-corrected chi connectivity index (χ1v) is 8.85. The van der Waals surface area contributed by atoms with E-state index in [9.17, 15) is 9.65 Å². The summed E-state index contributed by atoms with van der Waals surface area (Å²) in [4.78, 5) is 14.0. The third-order valence-electron chi connectivity index (χ3n) is 5.11. The number of aromatic nitrogens is 3. The SMILES string of the molecule is CCC(CN)=C1CN(c2nc(C#N)nc3[nH]c4c(NC)cc(F)cc4c23)C1. The van der Waals surface area contributed by atoms with Crippen LogP contribution in [0.5, 0.6) is 0 Å². The fraction of sp³-hybridized carbons (Fsp3) is 0.316. The lowest BCUT2D eigenvalue weighted by Crippen LogP contribution is -2.42. The topological polar surface area (TPSA) is 107 Å². The summed E-state index contributed by atoms with van der Waals surface area (Å²) in [5.41, 5.74) is 10.3. The van der Waals surface area contributed by atoms with Crippen LogP contribution < -0.4 is 16.0 Å². The highest BCUT2D eigenvalue weighted by Gasteiger charge is 2.28. The predicted molar refractivity (Wildman–Crippen MR) is 104 cm³/mol. The molecule has 0 bridgehead atoms. The van der Waals surface area contributed by atoms with E-state index in [0.717, 1.165) is 17.3 Å². The summed E-state index contributed by atoms with van der Waals surface area (Å²) in [5, 5.41) is 13.7. The maximum atomic E-state index is 14.1. The maximum absolute atomic E-state index is 14.1. The number of benzene rings is 1. The number of nitriles is 1. The molecule has 4 N–H and O–H groups in total. The van der Waals surface area contributed by atoms with Crippen LogP contribution >= 0.6 is 0 Å². The summed E-state index contributed by atoms with van der Waals surface area (Å²) in [7, 11) is 1.73. The zero-order valence-corrected chi connectivity index (χ0v) is 15.2. The molecule has 0 atom stereocenters. The summed E-state index contributed by atoms with van der Waals surface area (Å²) in [6.45, 7) is 4.05. The van der Waals surface area contributed by atoms with Crippen molar-refractivity contribution in [3.63, 3.8) is 0 Å². The van der Waals surface area contributed by atoms with Crippen LogP contribution in [0.3, 0.4) is 0 Å². The summed E-state index contributed by atoms with van der Waals surface area (Å²) >= 11 is 0. The van der Waals surface area contributed by atoms with E-state index in [1.54, 1.807) is 7.05 Å². The molecule has 2 aromatic heterocycles. The molecule has 1 saturated heterocycles. The van der Waals surface area contributed by atoms with Crippen molar-refractivity contribution in [2.75, 3.05) is 36.9 Å². The Labute approximate surface area is 155 Å². The van der Waals surface area contributed by atoms with Gasteiger partial charge >= 0.3 is 0 Å². The second-order valence-electron chi connectivity index (χ2n) is 6.58. The minimum atomic E-state index is -0.344. The van der Waals surface area contributed by atoms with Crippen molar-refractivity contribution in [2.24, 2.45) is 5.73 Å². The number of H-pyrrole nitrogens is 1. The highest BCUT2D eigenvalue weighted by Crippen LogP contribution is 2.38. The van der Waals surface area contributed by atoms with E-state index >= 15 is 0 Å². The molecule has 1 aliphatic rings. The van der Waals surface area contributed by atoms with Gasteiger partial charge in [-0.05, 0) is 24.1 Å². The Balaban J connectivity index is 1.92. The molecule has 4 rings (SSSR count). The van der Waals surface area contributed by atoms with E-state index in [1.165, 1.54) is 23.3 Å². The maximum Gasteiger partial charge on any atom is 0.236 e. The van der Waals surface area contributed by atoms with E-state index in [4.69, 9.17) is 5.73 Å². The van der Waals surface area contributed by atoms with Gasteiger partial charge in [-0.3, -0.25) is 0 Å². The van der Waals surface area contributed by atoms with Crippen LogP contribution in [-0.4, -0.2) is 41.6 Å². The number of halogens is 1. The van der Waals surface area contributed by atoms with Gasteiger partial charge in [0, 0.05) is 32.1 Å². The van der Waals surface area contributed by atoms with Gasteiger partial charge in [0.1, 0.15) is 23.4 Å². The molecular formula is C19H20FN7. The molecule has 0 radical (unpaired) electrons. The van der Waals surface area contributed by atoms with Crippen molar-refractivity contribution < 1.29 is 4.39 Å². The average molecular weight is 365 g/mol. The first-order chi connectivity index (χ1) is 13.1. The fourth-order valence-corrected chi connectivity index (χ4v) is 3.65. The minimum absolute atomic E-state index is 0.0857. The van der Waals surface area contributed by atoms with Gasteiger partial charge in [-0.1, -0.05) is 12.5 Å². The van der Waals surface area contributed by atoms with Crippen LogP contribution in [-0.2, 0) is 0 Å². The minimum Gasteiger partial charge on any atom is -0.386 e. The van der Waals surface area contributed by atoms with Crippen LogP contribution in [0.15, 0.2) is 23.3 Å². The molecule has 0 unspecified atom stereocenters. The van der Waals surface area contributed by atoms with Crippen molar-refractivity contribution in [3.05, 3.63) is 34.9 Å². The zero-order valence-electron chi connectivity index (χ0n) is 15.2. The summed E-state index contributed by atoms with van der Waals surface area (Å²) in [6.07, 6.45) is 0.923. The molecule has 0 aliphatic carbocycles. The Morgan fingerprint density at radius 3 is 2.81 bits per heavy atom. The van der Waals surface area contributed by atoms with Crippen molar-refractivity contribution in [1.82, 2.24) is 15.0 Å². The number of hydrogen-bond acceptors (Lipinski definition) is 6. The lowest BCUT2D eigenvalue weighted by Gasteiger charge is -2.37. The second-order valence-corrected chi connectivity index (χ2v) is 6.58. The molecule has 1 fully saturated rings. The average Bonchev–Trinajstić information content (AvgIpc) is 3.01. The van der Waals surface area contributed by atoms with Crippen LogP contribution in [0.2, 0.25) is 0 Å². The van der Waals surface area contributed by atoms with E-state index in [1.807, 2.05) is 6.07 Å². The quantitative estimate of drug-likeness (QED) is 0.614. The molecule has 1 aromatic carbocycles. The first kappa shape index (κ1) is 17.2. The Kier molecular flexibility index (Phi) is 4.16. The molecule has 0 spiro atoms. The first-order valence-electron chi connectivity index (χ1n) is 8.85. The molecule has 27 heavy (non-hydrogen) atoms. The zero-order chi connectivity index (χ0) is 19.1. The number of nitrogens with one attached hydrogen (secondary N) is 2. The molecule has 138 valence electrons. The van der Waals surface area contributed by atoms with Gasteiger partial charge in [0.2, 0.25) is 5.82 Å². The lowest BCUT2D eigenvalue weighted by atomic mass is 9.98. The Bertz CT molecular complexity index is 1110. The smallest absolute Gasteiger partial charge is 0.236 e. The number of aromatic amines is 1. The fourth-order valence-electron chi connectivity index (χ4n) is 3.65. The third-order valence-corrected chi connectivity index (χ3v) is 5.11. The summed E-state index contributed by atoms with van der Waals surface area (Å²) in [5.74, 6) is 0.387. The van der Waals surface area contributed by atoms with E-state index in [-0.39, 0.29) is 11.6 Å². The molecular weight excluding hydrogens is 345 g/mol. The van der Waals surface area contributed by atoms with Crippen molar-refractivity contribution >= 4 is 33.4 Å². The van der Waals surface area contributed by atoms with Gasteiger partial charge < -0.3 is 20.9 Å². The largest absolute Gasteiger partial charge is 0.386 e. The number of fused-ring (bicyclic) bond motifs is 3. The highest BCUT2D eigenvalue weighted by molar-refractivity contribution is 6.14. The van der Waals surface area contributed by atoms with Gasteiger partial charge in [-0.25, -0.2) is 14.4 Å². The molecule has 7 nitrogen and oxygen atoms in total. The second kappa shape index (κ2) is 6.52. The molecule has 3 aromatic rings. The van der Waals surface area contributed by atoms with Gasteiger partial charge in [-0.2, -0.15) is 5.26 Å². The summed E-state index contributed by atoms with van der Waals surface area (Å²) in [6, 6.07) is 4.91.